The molecule has 0 radical (unpaired) electrons. The summed E-state index contributed by atoms with van der Waals surface area (Å²) >= 11 is 0. The monoisotopic (exact) mass is 159 g/mol. The van der Waals surface area contributed by atoms with Crippen LogP contribution in [0.25, 0.3) is 0 Å². The first-order valence-electron chi connectivity index (χ1n) is 4.48. The number of aliphatic hydroxyl groups is 1. The largest absolute Gasteiger partial charge is 0.395 e. The molecule has 0 spiro atoms. The molecule has 2 nitrogen and oxygen atoms in total. The molecule has 2 heteroatoms. The molecule has 2 unspecified atom stereocenters. The van der Waals surface area contributed by atoms with E-state index in [0.29, 0.717) is 12.0 Å². The molecule has 2 N–H and O–H groups in total. The molecule has 0 amide bonds. The fourth-order valence-corrected chi connectivity index (χ4v) is 1.02. The van der Waals surface area contributed by atoms with Gasteiger partial charge in [-0.05, 0) is 19.8 Å². The van der Waals surface area contributed by atoms with Crippen LogP contribution in [0.5, 0.6) is 0 Å². The minimum Gasteiger partial charge on any atom is -0.395 e. The van der Waals surface area contributed by atoms with E-state index >= 15 is 0 Å². The number of rotatable bonds is 5. The first-order valence-corrected chi connectivity index (χ1v) is 4.48. The summed E-state index contributed by atoms with van der Waals surface area (Å²) in [6.07, 6.45) is 1.19. The number of nitrogens with one attached hydrogen (secondary N) is 1. The SMILES string of the molecule is CCC(C)C(C)N[C@H](C)CO. The van der Waals surface area contributed by atoms with Crippen molar-refractivity contribution in [3.8, 4) is 0 Å². The molecule has 0 heterocycles. The van der Waals surface area contributed by atoms with Crippen LogP contribution in [-0.2, 0) is 0 Å². The molecule has 0 aromatic rings. The van der Waals surface area contributed by atoms with Gasteiger partial charge in [-0.3, -0.25) is 0 Å². The molecule has 3 atom stereocenters. The second kappa shape index (κ2) is 5.56. The Morgan fingerprint density at radius 1 is 1.27 bits per heavy atom. The van der Waals surface area contributed by atoms with Crippen molar-refractivity contribution in [1.29, 1.82) is 0 Å². The molecule has 0 aromatic heterocycles. The lowest BCUT2D eigenvalue weighted by molar-refractivity contribution is 0.229. The topological polar surface area (TPSA) is 32.3 Å². The highest BCUT2D eigenvalue weighted by atomic mass is 16.3. The lowest BCUT2D eigenvalue weighted by Crippen LogP contribution is -2.40. The fourth-order valence-electron chi connectivity index (χ4n) is 1.02. The first kappa shape index (κ1) is 10.9. The molecule has 11 heavy (non-hydrogen) atoms. The maximum absolute atomic E-state index is 8.78. The van der Waals surface area contributed by atoms with Crippen molar-refractivity contribution in [3.63, 3.8) is 0 Å². The van der Waals surface area contributed by atoms with Gasteiger partial charge in [0.2, 0.25) is 0 Å². The second-order valence-electron chi connectivity index (χ2n) is 3.42. The van der Waals surface area contributed by atoms with Crippen LogP contribution in [0.4, 0.5) is 0 Å². The summed E-state index contributed by atoms with van der Waals surface area (Å²) in [5.74, 6) is 0.684. The molecule has 0 aromatic carbocycles. The zero-order valence-electron chi connectivity index (χ0n) is 8.09. The summed E-state index contributed by atoms with van der Waals surface area (Å²) in [7, 11) is 0. The van der Waals surface area contributed by atoms with Gasteiger partial charge in [0.25, 0.3) is 0 Å². The van der Waals surface area contributed by atoms with Gasteiger partial charge in [-0.25, -0.2) is 0 Å². The van der Waals surface area contributed by atoms with E-state index in [1.807, 2.05) is 6.92 Å². The Morgan fingerprint density at radius 3 is 2.18 bits per heavy atom. The summed E-state index contributed by atoms with van der Waals surface area (Å²) in [6, 6.07) is 0.723. The van der Waals surface area contributed by atoms with Gasteiger partial charge >= 0.3 is 0 Å². The zero-order chi connectivity index (χ0) is 8.85. The molecule has 68 valence electrons. The minimum absolute atomic E-state index is 0.221. The predicted molar refractivity (Wildman–Crippen MR) is 48.6 cm³/mol. The van der Waals surface area contributed by atoms with Crippen molar-refractivity contribution >= 4 is 0 Å². The van der Waals surface area contributed by atoms with Gasteiger partial charge in [-0.15, -0.1) is 0 Å². The van der Waals surface area contributed by atoms with E-state index in [-0.39, 0.29) is 12.6 Å². The Kier molecular flexibility index (Phi) is 5.51. The molecular formula is C9H21NO. The van der Waals surface area contributed by atoms with Gasteiger partial charge in [-0.1, -0.05) is 20.3 Å². The van der Waals surface area contributed by atoms with Crippen molar-refractivity contribution in [3.05, 3.63) is 0 Å². The van der Waals surface area contributed by atoms with Crippen molar-refractivity contribution in [2.24, 2.45) is 5.92 Å². The molecule has 0 bridgehead atoms. The smallest absolute Gasteiger partial charge is 0.0582 e. The summed E-state index contributed by atoms with van der Waals surface area (Å²) in [6.45, 7) is 8.80. The van der Waals surface area contributed by atoms with Gasteiger partial charge in [0.15, 0.2) is 0 Å². The van der Waals surface area contributed by atoms with Crippen molar-refractivity contribution in [1.82, 2.24) is 5.32 Å². The Balaban J connectivity index is 3.58. The average Bonchev–Trinajstić information content (AvgIpc) is 2.02. The summed E-state index contributed by atoms with van der Waals surface area (Å²) < 4.78 is 0. The molecule has 0 aliphatic carbocycles. The van der Waals surface area contributed by atoms with Crippen LogP contribution in [0.2, 0.25) is 0 Å². The summed E-state index contributed by atoms with van der Waals surface area (Å²) in [4.78, 5) is 0. The minimum atomic E-state index is 0.221. The molecule has 0 aliphatic rings. The van der Waals surface area contributed by atoms with Crippen LogP contribution in [0.3, 0.4) is 0 Å². The van der Waals surface area contributed by atoms with E-state index in [4.69, 9.17) is 5.11 Å². The molecule has 0 fully saturated rings. The van der Waals surface area contributed by atoms with Gasteiger partial charge in [-0.2, -0.15) is 0 Å². The highest BCUT2D eigenvalue weighted by Crippen LogP contribution is 2.06. The van der Waals surface area contributed by atoms with E-state index in [9.17, 15) is 0 Å². The molecular weight excluding hydrogens is 138 g/mol. The molecule has 0 saturated carbocycles. The number of hydrogen-bond acceptors (Lipinski definition) is 2. The third-order valence-electron chi connectivity index (χ3n) is 2.32. The highest BCUT2D eigenvalue weighted by molar-refractivity contribution is 4.70. The van der Waals surface area contributed by atoms with Crippen LogP contribution in [0.1, 0.15) is 34.1 Å². The van der Waals surface area contributed by atoms with E-state index < -0.39 is 0 Å². The quantitative estimate of drug-likeness (QED) is 0.635. The summed E-state index contributed by atoms with van der Waals surface area (Å²) in [5, 5.41) is 12.1. The van der Waals surface area contributed by atoms with E-state index in [1.165, 1.54) is 6.42 Å². The van der Waals surface area contributed by atoms with Gasteiger partial charge < -0.3 is 10.4 Å². The fraction of sp³-hybridized carbons (Fsp3) is 1.00. The molecule has 0 aliphatic heterocycles. The summed E-state index contributed by atoms with van der Waals surface area (Å²) in [5.41, 5.74) is 0. The van der Waals surface area contributed by atoms with Crippen molar-refractivity contribution < 1.29 is 5.11 Å². The second-order valence-corrected chi connectivity index (χ2v) is 3.42. The Hall–Kier alpha value is -0.0800. The van der Waals surface area contributed by atoms with Crippen LogP contribution < -0.4 is 5.32 Å². The Bertz CT molecular complexity index is 95.6. The van der Waals surface area contributed by atoms with Gasteiger partial charge in [0.05, 0.1) is 6.61 Å². The van der Waals surface area contributed by atoms with E-state index in [1.54, 1.807) is 0 Å². The van der Waals surface area contributed by atoms with Crippen LogP contribution in [0, 0.1) is 5.92 Å². The van der Waals surface area contributed by atoms with Crippen LogP contribution in [-0.4, -0.2) is 23.8 Å². The molecule has 0 saturated heterocycles. The first-order chi connectivity index (χ1) is 5.11. The lowest BCUT2D eigenvalue weighted by Gasteiger charge is -2.23. The molecule has 0 rings (SSSR count). The lowest BCUT2D eigenvalue weighted by atomic mass is 10.0. The third-order valence-corrected chi connectivity index (χ3v) is 2.32. The third kappa shape index (κ3) is 4.38. The Labute approximate surface area is 70.0 Å². The van der Waals surface area contributed by atoms with E-state index in [2.05, 4.69) is 26.1 Å². The zero-order valence-corrected chi connectivity index (χ0v) is 8.09. The average molecular weight is 159 g/mol. The normalized spacial score (nSPS) is 19.4. The van der Waals surface area contributed by atoms with E-state index in [0.717, 1.165) is 0 Å². The highest BCUT2D eigenvalue weighted by Gasteiger charge is 2.11. The van der Waals surface area contributed by atoms with Crippen molar-refractivity contribution in [2.45, 2.75) is 46.2 Å². The maximum Gasteiger partial charge on any atom is 0.0582 e. The van der Waals surface area contributed by atoms with Crippen molar-refractivity contribution in [2.75, 3.05) is 6.61 Å². The number of aliphatic hydroxyl groups excluding tert-OH is 1. The standard InChI is InChI=1S/C9H21NO/c1-5-7(2)9(4)10-8(3)6-11/h7-11H,5-6H2,1-4H3/t7?,8-,9?/m1/s1. The number of hydrogen-bond donors (Lipinski definition) is 2. The van der Waals surface area contributed by atoms with Crippen LogP contribution in [0.15, 0.2) is 0 Å². The van der Waals surface area contributed by atoms with Gasteiger partial charge in [0.1, 0.15) is 0 Å². The Morgan fingerprint density at radius 2 is 1.82 bits per heavy atom. The van der Waals surface area contributed by atoms with Crippen LogP contribution >= 0.6 is 0 Å². The predicted octanol–water partition coefficient (Wildman–Crippen LogP) is 1.39. The maximum atomic E-state index is 8.78. The van der Waals surface area contributed by atoms with Gasteiger partial charge in [0, 0.05) is 12.1 Å².